The standard InChI is InChI=1S/C22H29N3O2/c1-5-10-25-15(2)17(21-18(25)12-22(3,4)13-19(21)26)11-20(27)24-14-16-8-6-7-9-23-16/h6-9H,5,10-14H2,1-4H3,(H,24,27). The van der Waals surface area contributed by atoms with Crippen molar-refractivity contribution in [3.63, 3.8) is 0 Å². The number of ketones is 1. The molecule has 2 heterocycles. The van der Waals surface area contributed by atoms with Crippen LogP contribution in [-0.2, 0) is 30.7 Å². The number of carbonyl (C=O) groups excluding carboxylic acids is 2. The average molecular weight is 367 g/mol. The van der Waals surface area contributed by atoms with Gasteiger partial charge in [-0.1, -0.05) is 26.8 Å². The molecule has 1 aliphatic carbocycles. The molecule has 3 rings (SSSR count). The molecule has 5 nitrogen and oxygen atoms in total. The van der Waals surface area contributed by atoms with Crippen LogP contribution in [0.3, 0.4) is 0 Å². The smallest absolute Gasteiger partial charge is 0.224 e. The van der Waals surface area contributed by atoms with Crippen molar-refractivity contribution in [3.05, 3.63) is 52.6 Å². The molecular formula is C22H29N3O2. The second-order valence-electron chi connectivity index (χ2n) is 8.25. The number of nitrogens with zero attached hydrogens (tertiary/aromatic N) is 2. The minimum Gasteiger partial charge on any atom is -0.350 e. The van der Waals surface area contributed by atoms with Gasteiger partial charge >= 0.3 is 0 Å². The Bertz CT molecular complexity index is 850. The van der Waals surface area contributed by atoms with Gasteiger partial charge in [0.1, 0.15) is 0 Å². The highest BCUT2D eigenvalue weighted by Gasteiger charge is 2.36. The SMILES string of the molecule is CCCn1c(C)c(CC(=O)NCc2ccccn2)c2c1CC(C)(C)CC2=O. The minimum atomic E-state index is -0.0714. The van der Waals surface area contributed by atoms with Crippen LogP contribution in [0.15, 0.2) is 24.4 Å². The quantitative estimate of drug-likeness (QED) is 0.848. The Morgan fingerprint density at radius 3 is 2.74 bits per heavy atom. The van der Waals surface area contributed by atoms with Crippen LogP contribution in [0.25, 0.3) is 0 Å². The molecular weight excluding hydrogens is 338 g/mol. The van der Waals surface area contributed by atoms with Gasteiger partial charge in [-0.3, -0.25) is 14.6 Å². The second-order valence-corrected chi connectivity index (χ2v) is 8.25. The topological polar surface area (TPSA) is 64.0 Å². The zero-order valence-electron chi connectivity index (χ0n) is 16.8. The highest BCUT2D eigenvalue weighted by atomic mass is 16.1. The van der Waals surface area contributed by atoms with E-state index in [0.717, 1.165) is 47.6 Å². The molecule has 5 heteroatoms. The van der Waals surface area contributed by atoms with Gasteiger partial charge in [0, 0.05) is 36.1 Å². The van der Waals surface area contributed by atoms with Crippen LogP contribution >= 0.6 is 0 Å². The van der Waals surface area contributed by atoms with E-state index in [2.05, 4.69) is 35.6 Å². The highest BCUT2D eigenvalue weighted by Crippen LogP contribution is 2.38. The summed E-state index contributed by atoms with van der Waals surface area (Å²) in [5, 5.41) is 2.93. The maximum Gasteiger partial charge on any atom is 0.224 e. The summed E-state index contributed by atoms with van der Waals surface area (Å²) < 4.78 is 2.26. The molecule has 0 spiro atoms. The number of aromatic nitrogens is 2. The number of nitrogens with one attached hydrogen (secondary N) is 1. The second kappa shape index (κ2) is 7.67. The third-order valence-corrected chi connectivity index (χ3v) is 5.30. The molecule has 27 heavy (non-hydrogen) atoms. The van der Waals surface area contributed by atoms with Crippen molar-refractivity contribution in [2.75, 3.05) is 0 Å². The van der Waals surface area contributed by atoms with E-state index in [1.807, 2.05) is 25.1 Å². The van der Waals surface area contributed by atoms with Crippen LogP contribution in [0.1, 0.15) is 66.6 Å². The number of hydrogen-bond donors (Lipinski definition) is 1. The molecule has 0 fully saturated rings. The normalized spacial score (nSPS) is 15.5. The zero-order chi connectivity index (χ0) is 19.6. The van der Waals surface area contributed by atoms with Crippen molar-refractivity contribution < 1.29 is 9.59 Å². The third kappa shape index (κ3) is 4.12. The molecule has 0 radical (unpaired) electrons. The van der Waals surface area contributed by atoms with Gasteiger partial charge in [-0.15, -0.1) is 0 Å². The molecule has 144 valence electrons. The van der Waals surface area contributed by atoms with Crippen molar-refractivity contribution in [2.45, 2.75) is 66.5 Å². The van der Waals surface area contributed by atoms with Crippen LogP contribution < -0.4 is 5.32 Å². The number of pyridine rings is 1. The monoisotopic (exact) mass is 367 g/mol. The predicted octanol–water partition coefficient (Wildman–Crippen LogP) is 3.62. The van der Waals surface area contributed by atoms with Crippen LogP contribution in [0.5, 0.6) is 0 Å². The van der Waals surface area contributed by atoms with Gasteiger partial charge in [0.2, 0.25) is 5.91 Å². The maximum absolute atomic E-state index is 12.9. The first-order chi connectivity index (χ1) is 12.8. The number of hydrogen-bond acceptors (Lipinski definition) is 3. The van der Waals surface area contributed by atoms with Gasteiger partial charge in [0.15, 0.2) is 5.78 Å². The molecule has 0 saturated carbocycles. The molecule has 0 aliphatic heterocycles. The lowest BCUT2D eigenvalue weighted by Gasteiger charge is -2.30. The lowest BCUT2D eigenvalue weighted by Crippen LogP contribution is -2.29. The Balaban J connectivity index is 1.85. The number of carbonyl (C=O) groups is 2. The van der Waals surface area contributed by atoms with E-state index in [4.69, 9.17) is 0 Å². The highest BCUT2D eigenvalue weighted by molar-refractivity contribution is 6.01. The van der Waals surface area contributed by atoms with Crippen LogP contribution in [0.4, 0.5) is 0 Å². The fourth-order valence-electron chi connectivity index (χ4n) is 4.06. The molecule has 0 saturated heterocycles. The summed E-state index contributed by atoms with van der Waals surface area (Å²) in [5.41, 5.74) is 4.67. The summed E-state index contributed by atoms with van der Waals surface area (Å²) >= 11 is 0. The summed E-state index contributed by atoms with van der Waals surface area (Å²) in [6.45, 7) is 9.75. The maximum atomic E-state index is 12.9. The summed E-state index contributed by atoms with van der Waals surface area (Å²) in [5.74, 6) is 0.101. The minimum absolute atomic E-state index is 0.0289. The van der Waals surface area contributed by atoms with E-state index < -0.39 is 0 Å². The summed E-state index contributed by atoms with van der Waals surface area (Å²) in [7, 11) is 0. The summed E-state index contributed by atoms with van der Waals surface area (Å²) in [6.07, 6.45) is 4.38. The molecule has 1 amide bonds. The Labute approximate surface area is 161 Å². The first kappa shape index (κ1) is 19.3. The van der Waals surface area contributed by atoms with Crippen molar-refractivity contribution in [1.29, 1.82) is 0 Å². The van der Waals surface area contributed by atoms with E-state index in [9.17, 15) is 9.59 Å². The number of amides is 1. The van der Waals surface area contributed by atoms with Crippen LogP contribution in [0, 0.1) is 12.3 Å². The summed E-state index contributed by atoms with van der Waals surface area (Å²) in [6, 6.07) is 5.64. The summed E-state index contributed by atoms with van der Waals surface area (Å²) in [4.78, 5) is 29.7. The predicted molar refractivity (Wildman–Crippen MR) is 106 cm³/mol. The molecule has 0 atom stereocenters. The van der Waals surface area contributed by atoms with Crippen molar-refractivity contribution in [3.8, 4) is 0 Å². The van der Waals surface area contributed by atoms with Crippen LogP contribution in [-0.4, -0.2) is 21.2 Å². The molecule has 2 aromatic heterocycles. The first-order valence-corrected chi connectivity index (χ1v) is 9.73. The average Bonchev–Trinajstić information content (AvgIpc) is 2.86. The lowest BCUT2D eigenvalue weighted by atomic mass is 9.75. The van der Waals surface area contributed by atoms with Gasteiger partial charge in [-0.05, 0) is 42.9 Å². The fourth-order valence-corrected chi connectivity index (χ4v) is 4.06. The van der Waals surface area contributed by atoms with Crippen molar-refractivity contribution in [2.24, 2.45) is 5.41 Å². The van der Waals surface area contributed by atoms with E-state index in [1.54, 1.807) is 6.20 Å². The van der Waals surface area contributed by atoms with E-state index in [0.29, 0.717) is 13.0 Å². The van der Waals surface area contributed by atoms with E-state index >= 15 is 0 Å². The van der Waals surface area contributed by atoms with E-state index in [1.165, 1.54) is 0 Å². The largest absolute Gasteiger partial charge is 0.350 e. The molecule has 0 unspecified atom stereocenters. The number of rotatable bonds is 6. The Kier molecular flexibility index (Phi) is 5.49. The van der Waals surface area contributed by atoms with Crippen molar-refractivity contribution >= 4 is 11.7 Å². The Morgan fingerprint density at radius 1 is 1.30 bits per heavy atom. The molecule has 2 aromatic rings. The number of fused-ring (bicyclic) bond motifs is 1. The Morgan fingerprint density at radius 2 is 2.07 bits per heavy atom. The lowest BCUT2D eigenvalue weighted by molar-refractivity contribution is -0.120. The number of Topliss-reactive ketones (excluding diaryl/α,β-unsaturated/α-hetero) is 1. The van der Waals surface area contributed by atoms with E-state index in [-0.39, 0.29) is 23.5 Å². The van der Waals surface area contributed by atoms with Gasteiger partial charge < -0.3 is 9.88 Å². The first-order valence-electron chi connectivity index (χ1n) is 9.73. The molecule has 0 aromatic carbocycles. The van der Waals surface area contributed by atoms with Gasteiger partial charge in [-0.2, -0.15) is 0 Å². The molecule has 1 N–H and O–H groups in total. The molecule has 1 aliphatic rings. The molecule has 0 bridgehead atoms. The van der Waals surface area contributed by atoms with Crippen molar-refractivity contribution in [1.82, 2.24) is 14.9 Å². The fraction of sp³-hybridized carbons (Fsp3) is 0.500. The van der Waals surface area contributed by atoms with Gasteiger partial charge in [-0.25, -0.2) is 0 Å². The zero-order valence-corrected chi connectivity index (χ0v) is 16.8. The van der Waals surface area contributed by atoms with Crippen LogP contribution in [0.2, 0.25) is 0 Å². The van der Waals surface area contributed by atoms with Gasteiger partial charge in [0.25, 0.3) is 0 Å². The van der Waals surface area contributed by atoms with Gasteiger partial charge in [0.05, 0.1) is 18.7 Å². The Hall–Kier alpha value is -2.43. The third-order valence-electron chi connectivity index (χ3n) is 5.30.